The minimum atomic E-state index is 0. The topological polar surface area (TPSA) is 153 Å². The van der Waals surface area contributed by atoms with Crippen molar-refractivity contribution in [3.63, 3.8) is 0 Å². The molecule has 35 heavy (non-hydrogen) atoms. The van der Waals surface area contributed by atoms with Crippen molar-refractivity contribution >= 4 is 63.5 Å². The summed E-state index contributed by atoms with van der Waals surface area (Å²) in [5, 5.41) is 6.24. The van der Waals surface area contributed by atoms with Crippen LogP contribution in [0.2, 0.25) is 15.9 Å². The van der Waals surface area contributed by atoms with Gasteiger partial charge >= 0.3 is 0 Å². The lowest BCUT2D eigenvalue weighted by molar-refractivity contribution is 0.928. The summed E-state index contributed by atoms with van der Waals surface area (Å²) in [5.41, 5.74) is 14.2. The lowest BCUT2D eigenvalue weighted by atomic mass is 10.3. The summed E-state index contributed by atoms with van der Waals surface area (Å²) >= 11 is 16.0. The van der Waals surface area contributed by atoms with Gasteiger partial charge < -0.3 is 22.1 Å². The van der Waals surface area contributed by atoms with E-state index in [9.17, 15) is 0 Å². The second kappa shape index (κ2) is 14.7. The standard InChI is InChI=1S/C12H15N5.C6H8N2.C3Cl3N3.CH4/c1-8-14-9(2)16-12(15-8)17-11-6-4-5-10(7-11)13-3;7-5-2-1-3-6(8)4-5;4-1-7-2(5)9-3(6)8-1;/h4-7,13H,1-3H3,(H,14,15,16,17);1-4H,7-8H2;;1H4. The molecule has 0 saturated heterocycles. The van der Waals surface area contributed by atoms with Crippen LogP contribution >= 0.6 is 34.8 Å². The Bertz CT molecular complexity index is 1140. The highest BCUT2D eigenvalue weighted by Gasteiger charge is 2.01. The maximum atomic E-state index is 5.38. The summed E-state index contributed by atoms with van der Waals surface area (Å²) in [5.74, 6) is 2.00. The maximum absolute atomic E-state index is 5.38. The molecule has 0 saturated carbocycles. The van der Waals surface area contributed by atoms with E-state index in [1.165, 1.54) is 0 Å². The van der Waals surface area contributed by atoms with Crippen molar-refractivity contribution in [2.45, 2.75) is 21.3 Å². The lowest BCUT2D eigenvalue weighted by Crippen LogP contribution is -2.03. The van der Waals surface area contributed by atoms with Gasteiger partial charge in [-0.15, -0.1) is 0 Å². The Labute approximate surface area is 219 Å². The summed E-state index contributed by atoms with van der Waals surface area (Å²) < 4.78 is 0. The van der Waals surface area contributed by atoms with Gasteiger partial charge in [-0.25, -0.2) is 4.98 Å². The molecule has 4 rings (SSSR count). The van der Waals surface area contributed by atoms with Crippen molar-refractivity contribution in [1.29, 1.82) is 0 Å². The van der Waals surface area contributed by atoms with Crippen LogP contribution in [0.15, 0.2) is 48.5 Å². The number of nitrogen functional groups attached to an aromatic ring is 2. The average Bonchev–Trinajstić information content (AvgIpc) is 2.73. The fourth-order valence-corrected chi connectivity index (χ4v) is 3.03. The van der Waals surface area contributed by atoms with Crippen LogP contribution in [0.4, 0.5) is 28.7 Å². The van der Waals surface area contributed by atoms with Crippen LogP contribution in [-0.2, 0) is 0 Å². The third-order valence-electron chi connectivity index (χ3n) is 3.73. The Morgan fingerprint density at radius 2 is 1.11 bits per heavy atom. The van der Waals surface area contributed by atoms with Gasteiger partial charge in [-0.1, -0.05) is 19.6 Å². The van der Waals surface area contributed by atoms with Crippen LogP contribution in [0.5, 0.6) is 0 Å². The molecule has 0 amide bonds. The summed E-state index contributed by atoms with van der Waals surface area (Å²) in [6.07, 6.45) is 0. The summed E-state index contributed by atoms with van der Waals surface area (Å²) in [4.78, 5) is 23.0. The van der Waals surface area contributed by atoms with Crippen molar-refractivity contribution < 1.29 is 0 Å². The van der Waals surface area contributed by atoms with E-state index in [0.717, 1.165) is 11.4 Å². The van der Waals surface area contributed by atoms with Crippen molar-refractivity contribution in [3.8, 4) is 0 Å². The first-order valence-electron chi connectivity index (χ1n) is 9.72. The van der Waals surface area contributed by atoms with Gasteiger partial charge in [0.2, 0.25) is 21.8 Å². The van der Waals surface area contributed by atoms with Crippen LogP contribution in [0, 0.1) is 13.8 Å². The highest BCUT2D eigenvalue weighted by atomic mass is 35.5. The van der Waals surface area contributed by atoms with Crippen LogP contribution in [0.3, 0.4) is 0 Å². The molecule has 0 aliphatic heterocycles. The van der Waals surface area contributed by atoms with Gasteiger partial charge in [0.25, 0.3) is 0 Å². The smallest absolute Gasteiger partial charge is 0.230 e. The minimum absolute atomic E-state index is 0. The predicted molar refractivity (Wildman–Crippen MR) is 145 cm³/mol. The van der Waals surface area contributed by atoms with Gasteiger partial charge in [-0.2, -0.15) is 24.9 Å². The number of hydrogen-bond donors (Lipinski definition) is 4. The Kier molecular flexibility index (Phi) is 12.4. The highest BCUT2D eigenvalue weighted by Crippen LogP contribution is 2.17. The first-order chi connectivity index (χ1) is 16.1. The quantitative estimate of drug-likeness (QED) is 0.243. The molecule has 6 N–H and O–H groups in total. The van der Waals surface area contributed by atoms with E-state index in [1.807, 2.05) is 51.2 Å². The average molecular weight is 538 g/mol. The number of aryl methyl sites for hydroxylation is 2. The minimum Gasteiger partial charge on any atom is -0.399 e. The highest BCUT2D eigenvalue weighted by molar-refractivity contribution is 6.33. The number of nitrogens with zero attached hydrogens (tertiary/aromatic N) is 6. The van der Waals surface area contributed by atoms with Crippen molar-refractivity contribution in [3.05, 3.63) is 76.0 Å². The molecule has 10 nitrogen and oxygen atoms in total. The number of aromatic nitrogens is 6. The fraction of sp³-hybridized carbons (Fsp3) is 0.182. The van der Waals surface area contributed by atoms with Gasteiger partial charge in [0.05, 0.1) is 0 Å². The SMILES string of the molecule is C.CNc1cccc(Nc2nc(C)nc(C)n2)c1.Clc1nc(Cl)nc(Cl)n1.Nc1cccc(N)c1. The number of rotatable bonds is 3. The number of halogens is 3. The van der Waals surface area contributed by atoms with E-state index >= 15 is 0 Å². The van der Waals surface area contributed by atoms with Crippen molar-refractivity contribution in [2.24, 2.45) is 0 Å². The Morgan fingerprint density at radius 3 is 1.54 bits per heavy atom. The van der Waals surface area contributed by atoms with Gasteiger partial charge in [-0.05, 0) is 85.0 Å². The molecule has 2 aromatic heterocycles. The molecule has 0 spiro atoms. The maximum Gasteiger partial charge on any atom is 0.230 e. The fourth-order valence-electron chi connectivity index (χ4n) is 2.42. The second-order valence-electron chi connectivity index (χ2n) is 6.52. The molecule has 4 aromatic rings. The van der Waals surface area contributed by atoms with E-state index in [4.69, 9.17) is 46.3 Å². The zero-order chi connectivity index (χ0) is 25.1. The third-order valence-corrected chi connectivity index (χ3v) is 4.24. The molecule has 0 atom stereocenters. The van der Waals surface area contributed by atoms with Gasteiger partial charge in [-0.3, -0.25) is 0 Å². The van der Waals surface area contributed by atoms with E-state index < -0.39 is 0 Å². The van der Waals surface area contributed by atoms with Crippen LogP contribution in [0.1, 0.15) is 19.1 Å². The van der Waals surface area contributed by atoms with Gasteiger partial charge in [0.1, 0.15) is 11.6 Å². The Hall–Kier alpha value is -3.47. The zero-order valence-corrected chi connectivity index (χ0v) is 20.9. The number of benzene rings is 2. The number of hydrogen-bond acceptors (Lipinski definition) is 10. The molecule has 2 aromatic carbocycles. The molecule has 0 bridgehead atoms. The molecule has 0 aliphatic rings. The molecule has 0 aliphatic carbocycles. The first-order valence-corrected chi connectivity index (χ1v) is 10.9. The normalized spacial score (nSPS) is 9.43. The molecule has 0 fully saturated rings. The molecule has 0 radical (unpaired) electrons. The van der Waals surface area contributed by atoms with Crippen molar-refractivity contribution in [1.82, 2.24) is 29.9 Å². The molecule has 2 heterocycles. The monoisotopic (exact) mass is 536 g/mol. The summed E-state index contributed by atoms with van der Waals surface area (Å²) in [6.45, 7) is 3.70. The van der Waals surface area contributed by atoms with E-state index in [2.05, 4.69) is 40.5 Å². The largest absolute Gasteiger partial charge is 0.399 e. The van der Waals surface area contributed by atoms with Gasteiger partial charge in [0, 0.05) is 29.8 Å². The molecular formula is C22H27Cl3N10. The van der Waals surface area contributed by atoms with E-state index in [-0.39, 0.29) is 23.3 Å². The third kappa shape index (κ3) is 11.5. The molecule has 186 valence electrons. The summed E-state index contributed by atoms with van der Waals surface area (Å²) in [7, 11) is 1.89. The first kappa shape index (κ1) is 29.6. The molecule has 13 heteroatoms. The van der Waals surface area contributed by atoms with Crippen LogP contribution in [0.25, 0.3) is 0 Å². The van der Waals surface area contributed by atoms with E-state index in [1.54, 1.807) is 18.2 Å². The molecule has 0 unspecified atom stereocenters. The van der Waals surface area contributed by atoms with Crippen LogP contribution in [-0.4, -0.2) is 37.0 Å². The number of nitrogens with one attached hydrogen (secondary N) is 2. The van der Waals surface area contributed by atoms with Crippen molar-refractivity contribution in [2.75, 3.05) is 29.1 Å². The second-order valence-corrected chi connectivity index (χ2v) is 7.54. The number of anilines is 5. The molecular weight excluding hydrogens is 511 g/mol. The Balaban J connectivity index is 0.000000287. The van der Waals surface area contributed by atoms with E-state index in [0.29, 0.717) is 29.0 Å². The summed E-state index contributed by atoms with van der Waals surface area (Å²) in [6, 6.07) is 15.1. The lowest BCUT2D eigenvalue weighted by Gasteiger charge is -2.07. The van der Waals surface area contributed by atoms with Crippen LogP contribution < -0.4 is 22.1 Å². The number of nitrogens with two attached hydrogens (primary N) is 2. The van der Waals surface area contributed by atoms with Gasteiger partial charge in [0.15, 0.2) is 0 Å². The predicted octanol–water partition coefficient (Wildman–Crippen LogP) is 5.59. The zero-order valence-electron chi connectivity index (χ0n) is 18.6. The Morgan fingerprint density at radius 1 is 0.657 bits per heavy atom.